The van der Waals surface area contributed by atoms with Crippen LogP contribution in [0.15, 0.2) is 30.5 Å². The van der Waals surface area contributed by atoms with Gasteiger partial charge in [0.05, 0.1) is 31.5 Å². The lowest BCUT2D eigenvalue weighted by molar-refractivity contribution is -0.144. The van der Waals surface area contributed by atoms with E-state index in [1.54, 1.807) is 7.11 Å². The Bertz CT molecular complexity index is 1070. The van der Waals surface area contributed by atoms with E-state index < -0.39 is 5.60 Å². The Morgan fingerprint density at radius 1 is 1.14 bits per heavy atom. The molecule has 36 heavy (non-hydrogen) atoms. The average molecular weight is 495 g/mol. The number of methoxy groups -OCH3 is 1. The van der Waals surface area contributed by atoms with Crippen molar-refractivity contribution in [1.82, 2.24) is 24.8 Å². The molecule has 194 valence electrons. The highest BCUT2D eigenvalue weighted by molar-refractivity contribution is 5.80. The molecule has 1 aromatic carbocycles. The van der Waals surface area contributed by atoms with E-state index >= 15 is 0 Å². The number of aliphatic hydroxyl groups is 1. The number of nitrogens with zero attached hydrogens (tertiary/aromatic N) is 6. The molecule has 2 aromatic rings. The monoisotopic (exact) mass is 494 g/mol. The zero-order chi connectivity index (χ0) is 24.7. The first-order valence-electron chi connectivity index (χ1n) is 13.6. The molecule has 1 aliphatic carbocycles. The van der Waals surface area contributed by atoms with Crippen LogP contribution in [0, 0.1) is 11.8 Å². The van der Waals surface area contributed by atoms with Crippen LogP contribution in [0.3, 0.4) is 0 Å². The van der Waals surface area contributed by atoms with E-state index in [2.05, 4.69) is 31.1 Å². The highest BCUT2D eigenvalue weighted by Crippen LogP contribution is 2.39. The Balaban J connectivity index is 1.05. The normalized spacial score (nSPS) is 29.5. The second kappa shape index (κ2) is 9.67. The molecule has 4 saturated heterocycles. The van der Waals surface area contributed by atoms with Crippen molar-refractivity contribution in [2.24, 2.45) is 11.8 Å². The number of fused-ring (bicyclic) bond motifs is 3. The molecule has 0 spiro atoms. The van der Waals surface area contributed by atoms with Gasteiger partial charge in [0.15, 0.2) is 0 Å². The second-order valence-corrected chi connectivity index (χ2v) is 11.1. The van der Waals surface area contributed by atoms with Crippen molar-refractivity contribution in [3.8, 4) is 5.75 Å². The highest BCUT2D eigenvalue weighted by atomic mass is 16.5. The summed E-state index contributed by atoms with van der Waals surface area (Å²) in [5, 5.41) is 19.5. The average Bonchev–Trinajstić information content (AvgIpc) is 3.59. The number of carbonyl (C=O) groups is 1. The summed E-state index contributed by atoms with van der Waals surface area (Å²) in [4.78, 5) is 20.5. The lowest BCUT2D eigenvalue weighted by Gasteiger charge is -2.50. The number of hydrogen-bond donors (Lipinski definition) is 1. The van der Waals surface area contributed by atoms with Crippen LogP contribution in [0.25, 0.3) is 0 Å². The van der Waals surface area contributed by atoms with Crippen molar-refractivity contribution in [2.45, 2.75) is 56.7 Å². The Labute approximate surface area is 213 Å². The third-order valence-corrected chi connectivity index (χ3v) is 9.06. The third kappa shape index (κ3) is 4.36. The minimum atomic E-state index is -0.794. The van der Waals surface area contributed by atoms with E-state index in [4.69, 9.17) is 4.74 Å². The van der Waals surface area contributed by atoms with Crippen LogP contribution in [-0.2, 0) is 16.9 Å². The Hall–Kier alpha value is -2.65. The van der Waals surface area contributed by atoms with Gasteiger partial charge < -0.3 is 19.6 Å². The first-order chi connectivity index (χ1) is 17.5. The SMILES string of the molecule is COc1ccccc1N1CCN(C(=O)[C@H]2CN3CC[C@@H]2C[C@@H]3Cn2cc(C3(O)CCCC3)nn2)CC1. The van der Waals surface area contributed by atoms with Crippen molar-refractivity contribution in [3.05, 3.63) is 36.2 Å². The molecule has 0 radical (unpaired) electrons. The molecule has 2 bridgehead atoms. The van der Waals surface area contributed by atoms with E-state index in [0.29, 0.717) is 17.9 Å². The molecule has 5 heterocycles. The molecule has 9 heteroatoms. The predicted octanol–water partition coefficient (Wildman–Crippen LogP) is 2.11. The first-order valence-corrected chi connectivity index (χ1v) is 13.6. The quantitative estimate of drug-likeness (QED) is 0.658. The number of carbonyl (C=O) groups excluding carboxylic acids is 1. The Kier molecular flexibility index (Phi) is 6.37. The molecule has 9 nitrogen and oxygen atoms in total. The molecule has 1 aromatic heterocycles. The van der Waals surface area contributed by atoms with Gasteiger partial charge in [0.25, 0.3) is 0 Å². The molecule has 1 N–H and O–H groups in total. The summed E-state index contributed by atoms with van der Waals surface area (Å²) in [6.45, 7) is 5.84. The fraction of sp³-hybridized carbons (Fsp3) is 0.667. The number of piperazine rings is 1. The number of anilines is 1. The van der Waals surface area contributed by atoms with Crippen LogP contribution in [0.4, 0.5) is 5.69 Å². The summed E-state index contributed by atoms with van der Waals surface area (Å²) >= 11 is 0. The number of rotatable bonds is 6. The fourth-order valence-electron chi connectivity index (χ4n) is 6.93. The van der Waals surface area contributed by atoms with E-state index in [1.165, 1.54) is 0 Å². The summed E-state index contributed by atoms with van der Waals surface area (Å²) < 4.78 is 7.44. The topological polar surface area (TPSA) is 87.0 Å². The zero-order valence-corrected chi connectivity index (χ0v) is 21.3. The van der Waals surface area contributed by atoms with Crippen molar-refractivity contribution < 1.29 is 14.6 Å². The molecule has 1 amide bonds. The summed E-state index contributed by atoms with van der Waals surface area (Å²) in [7, 11) is 1.71. The summed E-state index contributed by atoms with van der Waals surface area (Å²) in [5.41, 5.74) is 1.03. The van der Waals surface area contributed by atoms with Gasteiger partial charge in [-0.1, -0.05) is 30.2 Å². The van der Waals surface area contributed by atoms with Crippen LogP contribution in [-0.4, -0.2) is 88.2 Å². The Morgan fingerprint density at radius 3 is 2.64 bits per heavy atom. The first kappa shape index (κ1) is 23.7. The van der Waals surface area contributed by atoms with Gasteiger partial charge in [0.1, 0.15) is 17.0 Å². The Morgan fingerprint density at radius 2 is 1.92 bits per heavy atom. The van der Waals surface area contributed by atoms with Crippen molar-refractivity contribution in [3.63, 3.8) is 0 Å². The van der Waals surface area contributed by atoms with Gasteiger partial charge in [-0.15, -0.1) is 5.10 Å². The van der Waals surface area contributed by atoms with Gasteiger partial charge >= 0.3 is 0 Å². The van der Waals surface area contributed by atoms with E-state index in [1.807, 2.05) is 29.1 Å². The molecule has 1 saturated carbocycles. The maximum atomic E-state index is 13.6. The summed E-state index contributed by atoms with van der Waals surface area (Å²) in [5.74, 6) is 1.74. The maximum absolute atomic E-state index is 13.6. The summed E-state index contributed by atoms with van der Waals surface area (Å²) in [6, 6.07) is 8.49. The van der Waals surface area contributed by atoms with Crippen molar-refractivity contribution in [2.75, 3.05) is 51.3 Å². The molecule has 5 fully saturated rings. The van der Waals surface area contributed by atoms with Crippen molar-refractivity contribution >= 4 is 11.6 Å². The molecule has 4 atom stereocenters. The summed E-state index contributed by atoms with van der Waals surface area (Å²) in [6.07, 6.45) is 7.71. The van der Waals surface area contributed by atoms with E-state index in [0.717, 1.165) is 101 Å². The zero-order valence-electron chi connectivity index (χ0n) is 21.3. The van der Waals surface area contributed by atoms with Crippen LogP contribution < -0.4 is 9.64 Å². The molecule has 1 unspecified atom stereocenters. The largest absolute Gasteiger partial charge is 0.495 e. The van der Waals surface area contributed by atoms with E-state index in [9.17, 15) is 9.90 Å². The van der Waals surface area contributed by atoms with Gasteiger partial charge in [0, 0.05) is 38.8 Å². The third-order valence-electron chi connectivity index (χ3n) is 9.06. The number of aromatic nitrogens is 3. The molecule has 5 aliphatic rings. The number of benzene rings is 1. The molecular formula is C27H38N6O3. The predicted molar refractivity (Wildman–Crippen MR) is 136 cm³/mol. The molecule has 7 rings (SSSR count). The standard InChI is InChI=1S/C27H38N6O3/c1-36-24-7-3-2-6-23(24)30-12-14-31(15-13-30)26(34)22-18-32-11-8-20(22)16-21(32)17-33-19-25(28-29-33)27(35)9-4-5-10-27/h2-3,6-7,19-22,35H,4-5,8-18H2,1H3/t20-,21-,22+/m1/s1. The molecular weight excluding hydrogens is 456 g/mol. The van der Waals surface area contributed by atoms with Gasteiger partial charge in [-0.25, -0.2) is 0 Å². The van der Waals surface area contributed by atoms with E-state index in [-0.39, 0.29) is 5.92 Å². The highest BCUT2D eigenvalue weighted by Gasteiger charge is 2.45. The fourth-order valence-corrected chi connectivity index (χ4v) is 6.93. The van der Waals surface area contributed by atoms with Crippen LogP contribution in [0.1, 0.15) is 44.2 Å². The number of piperidine rings is 3. The number of amides is 1. The van der Waals surface area contributed by atoms with Crippen LogP contribution >= 0.6 is 0 Å². The lowest BCUT2D eigenvalue weighted by atomic mass is 9.75. The minimum Gasteiger partial charge on any atom is -0.495 e. The van der Waals surface area contributed by atoms with Crippen LogP contribution in [0.2, 0.25) is 0 Å². The number of ether oxygens (including phenoxy) is 1. The van der Waals surface area contributed by atoms with Gasteiger partial charge in [-0.3, -0.25) is 14.4 Å². The second-order valence-electron chi connectivity index (χ2n) is 11.1. The smallest absolute Gasteiger partial charge is 0.227 e. The lowest BCUT2D eigenvalue weighted by Crippen LogP contribution is -2.60. The van der Waals surface area contributed by atoms with Gasteiger partial charge in [-0.2, -0.15) is 0 Å². The van der Waals surface area contributed by atoms with Crippen LogP contribution in [0.5, 0.6) is 5.75 Å². The minimum absolute atomic E-state index is 0.0957. The van der Waals surface area contributed by atoms with Crippen molar-refractivity contribution in [1.29, 1.82) is 0 Å². The maximum Gasteiger partial charge on any atom is 0.227 e. The number of hydrogen-bond acceptors (Lipinski definition) is 7. The molecule has 4 aliphatic heterocycles. The van der Waals surface area contributed by atoms with Gasteiger partial charge in [-0.05, 0) is 50.3 Å². The van der Waals surface area contributed by atoms with Gasteiger partial charge in [0.2, 0.25) is 5.91 Å². The number of para-hydroxylation sites is 2.